The van der Waals surface area contributed by atoms with Crippen LogP contribution in [0.25, 0.3) is 0 Å². The molecule has 112 valence electrons. The number of aromatic nitrogens is 1. The normalized spacial score (nSPS) is 11.6. The van der Waals surface area contributed by atoms with E-state index in [0.29, 0.717) is 22.9 Å². The van der Waals surface area contributed by atoms with Gasteiger partial charge in [-0.15, -0.1) is 0 Å². The highest BCUT2D eigenvalue weighted by atomic mass is 32.2. The molecule has 2 rings (SSSR count). The summed E-state index contributed by atoms with van der Waals surface area (Å²) < 4.78 is 32.2. The minimum atomic E-state index is -3.71. The van der Waals surface area contributed by atoms with Gasteiger partial charge < -0.3 is 4.42 Å². The number of oxazole rings is 1. The first-order chi connectivity index (χ1) is 9.79. The predicted octanol–water partition coefficient (Wildman–Crippen LogP) is 1.97. The van der Waals surface area contributed by atoms with Crippen molar-refractivity contribution in [2.45, 2.75) is 32.2 Å². The molecule has 2 aromatic rings. The first-order valence-electron chi connectivity index (χ1n) is 6.33. The van der Waals surface area contributed by atoms with Crippen LogP contribution < -0.4 is 4.72 Å². The zero-order chi connectivity index (χ0) is 15.6. The smallest absolute Gasteiger partial charge is 0.240 e. The molecule has 7 heteroatoms. The Morgan fingerprint density at radius 3 is 2.62 bits per heavy atom. The molecule has 0 aliphatic heterocycles. The molecule has 1 heterocycles. The van der Waals surface area contributed by atoms with Gasteiger partial charge in [0.1, 0.15) is 5.76 Å². The Kier molecular flexibility index (Phi) is 4.24. The molecule has 0 amide bonds. The summed E-state index contributed by atoms with van der Waals surface area (Å²) in [4.78, 5) is 15.4. The summed E-state index contributed by atoms with van der Waals surface area (Å²) in [5, 5.41) is 0. The highest BCUT2D eigenvalue weighted by molar-refractivity contribution is 7.89. The number of hydrogen-bond acceptors (Lipinski definition) is 5. The van der Waals surface area contributed by atoms with Gasteiger partial charge in [-0.25, -0.2) is 18.1 Å². The third kappa shape index (κ3) is 3.56. The van der Waals surface area contributed by atoms with Gasteiger partial charge in [0.25, 0.3) is 0 Å². The van der Waals surface area contributed by atoms with Crippen LogP contribution in [-0.4, -0.2) is 19.2 Å². The maximum atomic E-state index is 12.2. The summed E-state index contributed by atoms with van der Waals surface area (Å²) in [5.41, 5.74) is 0.997. The third-order valence-corrected chi connectivity index (χ3v) is 4.37. The maximum absolute atomic E-state index is 12.2. The zero-order valence-corrected chi connectivity index (χ0v) is 12.8. The molecule has 1 aromatic heterocycles. The molecule has 6 nitrogen and oxygen atoms in total. The number of carbonyl (C=O) groups excluding carboxylic acids is 1. The molecule has 0 aliphatic rings. The van der Waals surface area contributed by atoms with Crippen LogP contribution in [0.4, 0.5) is 0 Å². The van der Waals surface area contributed by atoms with Gasteiger partial charge >= 0.3 is 0 Å². The van der Waals surface area contributed by atoms with Gasteiger partial charge in [0.15, 0.2) is 11.7 Å². The molecule has 0 fully saturated rings. The summed E-state index contributed by atoms with van der Waals surface area (Å²) in [6.07, 6.45) is 0. The molecule has 0 atom stereocenters. The fourth-order valence-electron chi connectivity index (χ4n) is 1.86. The minimum Gasteiger partial charge on any atom is -0.444 e. The van der Waals surface area contributed by atoms with Crippen molar-refractivity contribution in [1.82, 2.24) is 9.71 Å². The van der Waals surface area contributed by atoms with E-state index in [0.717, 1.165) is 0 Å². The van der Waals surface area contributed by atoms with Gasteiger partial charge in [0.05, 0.1) is 17.1 Å². The highest BCUT2D eigenvalue weighted by Gasteiger charge is 2.17. The van der Waals surface area contributed by atoms with E-state index in [4.69, 9.17) is 4.42 Å². The number of rotatable bonds is 5. The quantitative estimate of drug-likeness (QED) is 0.853. The molecule has 0 radical (unpaired) electrons. The van der Waals surface area contributed by atoms with Crippen molar-refractivity contribution in [2.24, 2.45) is 0 Å². The standard InChI is InChI=1S/C14H16N2O4S/c1-9-14(20-11(3)16-9)8-15-21(18,19)13-6-4-5-12(7-13)10(2)17/h4-7,15H,8H2,1-3H3. The molecule has 0 saturated carbocycles. The number of nitrogens with zero attached hydrogens (tertiary/aromatic N) is 1. The molecule has 0 bridgehead atoms. The van der Waals surface area contributed by atoms with Crippen LogP contribution in [-0.2, 0) is 16.6 Å². The van der Waals surface area contributed by atoms with E-state index in [1.165, 1.54) is 25.1 Å². The van der Waals surface area contributed by atoms with Gasteiger partial charge in [0, 0.05) is 12.5 Å². The second-order valence-electron chi connectivity index (χ2n) is 4.65. The number of nitrogens with one attached hydrogen (secondary N) is 1. The third-order valence-electron chi connectivity index (χ3n) is 2.97. The van der Waals surface area contributed by atoms with Crippen molar-refractivity contribution in [1.29, 1.82) is 0 Å². The number of benzene rings is 1. The Hall–Kier alpha value is -1.99. The van der Waals surface area contributed by atoms with Crippen molar-refractivity contribution < 1.29 is 17.6 Å². The molecular weight excluding hydrogens is 292 g/mol. The lowest BCUT2D eigenvalue weighted by atomic mass is 10.2. The summed E-state index contributed by atoms with van der Waals surface area (Å²) in [6, 6.07) is 5.90. The SMILES string of the molecule is CC(=O)c1cccc(S(=O)(=O)NCc2oc(C)nc2C)c1. The summed E-state index contributed by atoms with van der Waals surface area (Å²) >= 11 is 0. The van der Waals surface area contributed by atoms with Gasteiger partial charge in [-0.3, -0.25) is 4.79 Å². The second kappa shape index (κ2) is 5.79. The topological polar surface area (TPSA) is 89.3 Å². The van der Waals surface area contributed by atoms with E-state index >= 15 is 0 Å². The number of hydrogen-bond donors (Lipinski definition) is 1. The van der Waals surface area contributed by atoms with E-state index in [-0.39, 0.29) is 17.2 Å². The Bertz CT molecular complexity index is 778. The van der Waals surface area contributed by atoms with Crippen molar-refractivity contribution in [3.05, 3.63) is 47.2 Å². The Morgan fingerprint density at radius 2 is 2.05 bits per heavy atom. The lowest BCUT2D eigenvalue weighted by molar-refractivity contribution is 0.101. The maximum Gasteiger partial charge on any atom is 0.240 e. The van der Waals surface area contributed by atoms with E-state index < -0.39 is 10.0 Å². The summed E-state index contributed by atoms with van der Waals surface area (Å²) in [7, 11) is -3.71. The van der Waals surface area contributed by atoms with Crippen LogP contribution in [0.15, 0.2) is 33.6 Å². The molecule has 0 spiro atoms. The van der Waals surface area contributed by atoms with Gasteiger partial charge in [-0.05, 0) is 26.0 Å². The van der Waals surface area contributed by atoms with Crippen LogP contribution in [0.1, 0.15) is 34.6 Å². The average Bonchev–Trinajstić information content (AvgIpc) is 2.75. The van der Waals surface area contributed by atoms with Crippen LogP contribution in [0, 0.1) is 13.8 Å². The molecule has 0 unspecified atom stereocenters. The van der Waals surface area contributed by atoms with Gasteiger partial charge in [-0.2, -0.15) is 0 Å². The first-order valence-corrected chi connectivity index (χ1v) is 7.81. The van der Waals surface area contributed by atoms with Crippen molar-refractivity contribution in [2.75, 3.05) is 0 Å². The monoisotopic (exact) mass is 308 g/mol. The van der Waals surface area contributed by atoms with Crippen LogP contribution in [0.2, 0.25) is 0 Å². The van der Waals surface area contributed by atoms with Gasteiger partial charge in [0.2, 0.25) is 10.0 Å². The zero-order valence-electron chi connectivity index (χ0n) is 12.0. The molecule has 1 N–H and O–H groups in total. The van der Waals surface area contributed by atoms with Crippen molar-refractivity contribution in [3.63, 3.8) is 0 Å². The number of Topliss-reactive ketones (excluding diaryl/α,β-unsaturated/α-hetero) is 1. The summed E-state index contributed by atoms with van der Waals surface area (Å²) in [6.45, 7) is 4.84. The van der Waals surface area contributed by atoms with E-state index in [9.17, 15) is 13.2 Å². The fourth-order valence-corrected chi connectivity index (χ4v) is 2.89. The van der Waals surface area contributed by atoms with E-state index in [1.807, 2.05) is 0 Å². The molecule has 0 saturated heterocycles. The van der Waals surface area contributed by atoms with E-state index in [1.54, 1.807) is 19.9 Å². The Morgan fingerprint density at radius 1 is 1.33 bits per heavy atom. The lowest BCUT2D eigenvalue weighted by Crippen LogP contribution is -2.23. The van der Waals surface area contributed by atoms with E-state index in [2.05, 4.69) is 9.71 Å². The molecular formula is C14H16N2O4S. The van der Waals surface area contributed by atoms with Crippen molar-refractivity contribution >= 4 is 15.8 Å². The molecule has 0 aliphatic carbocycles. The van der Waals surface area contributed by atoms with Crippen LogP contribution in [0.3, 0.4) is 0 Å². The number of ketones is 1. The minimum absolute atomic E-state index is 0.0132. The molecule has 21 heavy (non-hydrogen) atoms. The van der Waals surface area contributed by atoms with Gasteiger partial charge in [-0.1, -0.05) is 12.1 Å². The number of sulfonamides is 1. The second-order valence-corrected chi connectivity index (χ2v) is 6.42. The first kappa shape index (κ1) is 15.4. The Labute approximate surface area is 123 Å². The fraction of sp³-hybridized carbons (Fsp3) is 0.286. The van der Waals surface area contributed by atoms with Crippen molar-refractivity contribution in [3.8, 4) is 0 Å². The van der Waals surface area contributed by atoms with Crippen LogP contribution in [0.5, 0.6) is 0 Å². The number of aryl methyl sites for hydroxylation is 2. The molecule has 1 aromatic carbocycles. The lowest BCUT2D eigenvalue weighted by Gasteiger charge is -2.06. The van der Waals surface area contributed by atoms with Crippen LogP contribution >= 0.6 is 0 Å². The highest BCUT2D eigenvalue weighted by Crippen LogP contribution is 2.14. The average molecular weight is 308 g/mol. The Balaban J connectivity index is 2.20. The largest absolute Gasteiger partial charge is 0.444 e. The predicted molar refractivity (Wildman–Crippen MR) is 76.4 cm³/mol. The summed E-state index contributed by atoms with van der Waals surface area (Å²) in [5.74, 6) is 0.771. The number of carbonyl (C=O) groups is 1.